The number of hydrogen-bond acceptors (Lipinski definition) is 3. The Hall–Kier alpha value is -2.87. The molecule has 29 heavy (non-hydrogen) atoms. The maximum atomic E-state index is 12.8. The van der Waals surface area contributed by atoms with Gasteiger partial charge in [-0.25, -0.2) is 0 Å². The average Bonchev–Trinajstić information content (AvgIpc) is 2.93. The second-order valence-corrected chi connectivity index (χ2v) is 7.06. The number of primary amides is 1. The van der Waals surface area contributed by atoms with E-state index in [1.807, 2.05) is 0 Å². The zero-order chi connectivity index (χ0) is 21.0. The summed E-state index contributed by atoms with van der Waals surface area (Å²) in [4.78, 5) is 28.0. The van der Waals surface area contributed by atoms with Gasteiger partial charge in [-0.1, -0.05) is 18.2 Å². The standard InChI is InChI=1S/C21H22F3N3O2/c22-21(23,24)18-7-5-15(6-8-18)14-26-9-2-10-27(12-11-26)20(29)17-4-1-3-16(13-17)19(25)28/h1,3-8,13H,2,9-12,14H2,(H2,25,28). The fourth-order valence-corrected chi connectivity index (χ4v) is 3.38. The molecule has 0 radical (unpaired) electrons. The van der Waals surface area contributed by atoms with Gasteiger partial charge in [-0.05, 0) is 42.3 Å². The van der Waals surface area contributed by atoms with Gasteiger partial charge >= 0.3 is 6.18 Å². The van der Waals surface area contributed by atoms with Crippen LogP contribution in [0.25, 0.3) is 0 Å². The number of nitrogens with zero attached hydrogens (tertiary/aromatic N) is 2. The lowest BCUT2D eigenvalue weighted by molar-refractivity contribution is -0.137. The zero-order valence-corrected chi connectivity index (χ0v) is 15.8. The molecule has 5 nitrogen and oxygen atoms in total. The Bertz CT molecular complexity index is 881. The summed E-state index contributed by atoms with van der Waals surface area (Å²) in [6.07, 6.45) is -3.59. The number of carbonyl (C=O) groups excluding carboxylic acids is 2. The lowest BCUT2D eigenvalue weighted by Crippen LogP contribution is -2.35. The molecular formula is C21H22F3N3O2. The Morgan fingerprint density at radius 2 is 1.62 bits per heavy atom. The number of nitrogens with two attached hydrogens (primary N) is 1. The number of carbonyl (C=O) groups is 2. The average molecular weight is 405 g/mol. The molecule has 1 fully saturated rings. The maximum absolute atomic E-state index is 12.8. The van der Waals surface area contributed by atoms with Crippen LogP contribution in [0.1, 0.15) is 38.3 Å². The lowest BCUT2D eigenvalue weighted by atomic mass is 10.1. The predicted octanol–water partition coefficient (Wildman–Crippen LogP) is 3.15. The normalized spacial score (nSPS) is 15.8. The first-order valence-corrected chi connectivity index (χ1v) is 9.31. The largest absolute Gasteiger partial charge is 0.416 e. The van der Waals surface area contributed by atoms with Crippen molar-refractivity contribution >= 4 is 11.8 Å². The molecule has 0 spiro atoms. The second kappa shape index (κ2) is 8.65. The van der Waals surface area contributed by atoms with Crippen LogP contribution in [0.4, 0.5) is 13.2 Å². The highest BCUT2D eigenvalue weighted by Gasteiger charge is 2.30. The fraction of sp³-hybridized carbons (Fsp3) is 0.333. The highest BCUT2D eigenvalue weighted by molar-refractivity contribution is 5.99. The van der Waals surface area contributed by atoms with Crippen LogP contribution in [0.2, 0.25) is 0 Å². The van der Waals surface area contributed by atoms with Gasteiger partial charge in [0.25, 0.3) is 5.91 Å². The number of amides is 2. The summed E-state index contributed by atoms with van der Waals surface area (Å²) < 4.78 is 38.1. The molecule has 0 atom stereocenters. The number of alkyl halides is 3. The van der Waals surface area contributed by atoms with Gasteiger partial charge in [0.1, 0.15) is 0 Å². The molecule has 2 amide bonds. The molecule has 8 heteroatoms. The Labute approximate surface area is 166 Å². The minimum Gasteiger partial charge on any atom is -0.366 e. The van der Waals surface area contributed by atoms with Crippen LogP contribution in [-0.2, 0) is 12.7 Å². The first-order valence-electron chi connectivity index (χ1n) is 9.31. The van der Waals surface area contributed by atoms with Gasteiger partial charge in [-0.2, -0.15) is 13.2 Å². The van der Waals surface area contributed by atoms with E-state index in [0.29, 0.717) is 31.7 Å². The predicted molar refractivity (Wildman–Crippen MR) is 102 cm³/mol. The molecule has 154 valence electrons. The molecule has 0 unspecified atom stereocenters. The van der Waals surface area contributed by atoms with Crippen LogP contribution < -0.4 is 5.73 Å². The minimum atomic E-state index is -4.34. The van der Waals surface area contributed by atoms with Crippen molar-refractivity contribution in [2.45, 2.75) is 19.1 Å². The highest BCUT2D eigenvalue weighted by Crippen LogP contribution is 2.29. The van der Waals surface area contributed by atoms with Crippen molar-refractivity contribution in [1.29, 1.82) is 0 Å². The van der Waals surface area contributed by atoms with Crippen molar-refractivity contribution < 1.29 is 22.8 Å². The third-order valence-electron chi connectivity index (χ3n) is 4.96. The van der Waals surface area contributed by atoms with Crippen molar-refractivity contribution in [1.82, 2.24) is 9.80 Å². The van der Waals surface area contributed by atoms with Crippen LogP contribution in [0.3, 0.4) is 0 Å². The van der Waals surface area contributed by atoms with Gasteiger partial charge in [0.05, 0.1) is 5.56 Å². The van der Waals surface area contributed by atoms with Crippen molar-refractivity contribution in [3.05, 3.63) is 70.8 Å². The third-order valence-corrected chi connectivity index (χ3v) is 4.96. The smallest absolute Gasteiger partial charge is 0.366 e. The molecule has 1 aliphatic rings. The summed E-state index contributed by atoms with van der Waals surface area (Å²) in [7, 11) is 0. The second-order valence-electron chi connectivity index (χ2n) is 7.06. The van der Waals surface area contributed by atoms with E-state index in [1.54, 1.807) is 23.1 Å². The topological polar surface area (TPSA) is 66.6 Å². The van der Waals surface area contributed by atoms with E-state index in [0.717, 1.165) is 30.7 Å². The molecule has 2 aromatic rings. The SMILES string of the molecule is NC(=O)c1cccc(C(=O)N2CCCN(Cc3ccc(C(F)(F)F)cc3)CC2)c1. The van der Waals surface area contributed by atoms with E-state index in [1.165, 1.54) is 18.2 Å². The number of hydrogen-bond donors (Lipinski definition) is 1. The summed E-state index contributed by atoms with van der Waals surface area (Å²) >= 11 is 0. The van der Waals surface area contributed by atoms with Gasteiger partial charge in [-0.3, -0.25) is 14.5 Å². The van der Waals surface area contributed by atoms with Crippen LogP contribution in [0.15, 0.2) is 48.5 Å². The molecule has 0 aliphatic carbocycles. The van der Waals surface area contributed by atoms with E-state index < -0.39 is 17.6 Å². The first kappa shape index (κ1) is 20.9. The maximum Gasteiger partial charge on any atom is 0.416 e. The van der Waals surface area contributed by atoms with E-state index >= 15 is 0 Å². The zero-order valence-electron chi connectivity index (χ0n) is 15.8. The van der Waals surface area contributed by atoms with Gasteiger partial charge in [0.2, 0.25) is 5.91 Å². The van der Waals surface area contributed by atoms with Crippen LogP contribution in [0.5, 0.6) is 0 Å². The molecule has 1 aliphatic heterocycles. The van der Waals surface area contributed by atoms with Gasteiger partial charge in [0.15, 0.2) is 0 Å². The number of halogens is 3. The Morgan fingerprint density at radius 3 is 2.28 bits per heavy atom. The molecule has 1 heterocycles. The Balaban J connectivity index is 1.61. The third kappa shape index (κ3) is 5.35. The van der Waals surface area contributed by atoms with Crippen LogP contribution in [0, 0.1) is 0 Å². The monoisotopic (exact) mass is 405 g/mol. The van der Waals surface area contributed by atoms with Crippen LogP contribution >= 0.6 is 0 Å². The molecule has 0 bridgehead atoms. The van der Waals surface area contributed by atoms with Crippen molar-refractivity contribution in [3.63, 3.8) is 0 Å². The summed E-state index contributed by atoms with van der Waals surface area (Å²) in [6, 6.07) is 11.5. The molecule has 0 saturated carbocycles. The number of rotatable bonds is 4. The van der Waals surface area contributed by atoms with Crippen molar-refractivity contribution in [3.8, 4) is 0 Å². The van der Waals surface area contributed by atoms with Gasteiger partial charge in [0, 0.05) is 43.9 Å². The van der Waals surface area contributed by atoms with E-state index in [-0.39, 0.29) is 11.5 Å². The first-order chi connectivity index (χ1) is 13.7. The molecule has 0 aromatic heterocycles. The summed E-state index contributed by atoms with van der Waals surface area (Å²) in [5.41, 5.74) is 6.12. The molecular weight excluding hydrogens is 383 g/mol. The minimum absolute atomic E-state index is 0.163. The molecule has 2 aromatic carbocycles. The highest BCUT2D eigenvalue weighted by atomic mass is 19.4. The lowest BCUT2D eigenvalue weighted by Gasteiger charge is -2.22. The van der Waals surface area contributed by atoms with Crippen LogP contribution in [-0.4, -0.2) is 47.8 Å². The molecule has 2 N–H and O–H groups in total. The summed E-state index contributed by atoms with van der Waals surface area (Å²) in [5.74, 6) is -0.747. The Kier molecular flexibility index (Phi) is 6.22. The van der Waals surface area contributed by atoms with E-state index in [9.17, 15) is 22.8 Å². The molecule has 1 saturated heterocycles. The van der Waals surface area contributed by atoms with Gasteiger partial charge in [-0.15, -0.1) is 0 Å². The van der Waals surface area contributed by atoms with E-state index in [2.05, 4.69) is 4.90 Å². The quantitative estimate of drug-likeness (QED) is 0.850. The van der Waals surface area contributed by atoms with E-state index in [4.69, 9.17) is 5.73 Å². The fourth-order valence-electron chi connectivity index (χ4n) is 3.38. The van der Waals surface area contributed by atoms with Crippen molar-refractivity contribution in [2.75, 3.05) is 26.2 Å². The van der Waals surface area contributed by atoms with Gasteiger partial charge < -0.3 is 10.6 Å². The summed E-state index contributed by atoms with van der Waals surface area (Å²) in [6.45, 7) is 2.95. The molecule has 3 rings (SSSR count). The van der Waals surface area contributed by atoms with Crippen molar-refractivity contribution in [2.24, 2.45) is 5.73 Å². The number of benzene rings is 2. The summed E-state index contributed by atoms with van der Waals surface area (Å²) in [5, 5.41) is 0. The Morgan fingerprint density at radius 1 is 0.931 bits per heavy atom.